The molecular formula is C20H24N4O3. The average molecular weight is 368 g/mol. The van der Waals surface area contributed by atoms with E-state index >= 15 is 0 Å². The smallest absolute Gasteiger partial charge is 0.255 e. The summed E-state index contributed by atoms with van der Waals surface area (Å²) in [6.07, 6.45) is 1.90. The van der Waals surface area contributed by atoms with E-state index in [1.165, 1.54) is 6.42 Å². The number of nitrogens with two attached hydrogens (primary N) is 1. The van der Waals surface area contributed by atoms with Gasteiger partial charge in [0.05, 0.1) is 0 Å². The Kier molecular flexibility index (Phi) is 3.84. The van der Waals surface area contributed by atoms with E-state index in [4.69, 9.17) is 5.73 Å². The third-order valence-electron chi connectivity index (χ3n) is 6.71. The third kappa shape index (κ3) is 2.68. The number of amides is 3. The largest absolute Gasteiger partial charge is 0.327 e. The molecule has 5 aliphatic rings. The molecule has 7 nitrogen and oxygen atoms in total. The first-order chi connectivity index (χ1) is 13.0. The molecule has 3 saturated heterocycles. The van der Waals surface area contributed by atoms with Crippen LogP contribution in [0.2, 0.25) is 0 Å². The number of benzene rings is 1. The van der Waals surface area contributed by atoms with E-state index in [1.54, 1.807) is 4.90 Å². The molecule has 27 heavy (non-hydrogen) atoms. The Morgan fingerprint density at radius 3 is 2.63 bits per heavy atom. The lowest BCUT2D eigenvalue weighted by molar-refractivity contribution is -0.136. The summed E-state index contributed by atoms with van der Waals surface area (Å²) in [5.41, 5.74) is 8.91. The molecule has 142 valence electrons. The van der Waals surface area contributed by atoms with Crippen LogP contribution in [0.4, 0.5) is 0 Å². The second-order valence-corrected chi connectivity index (χ2v) is 8.38. The molecule has 1 aromatic rings. The first kappa shape index (κ1) is 16.9. The second-order valence-electron chi connectivity index (χ2n) is 8.38. The van der Waals surface area contributed by atoms with Crippen LogP contribution in [0.25, 0.3) is 0 Å². The van der Waals surface area contributed by atoms with Gasteiger partial charge in [-0.05, 0) is 35.8 Å². The summed E-state index contributed by atoms with van der Waals surface area (Å²) < 4.78 is 0. The molecule has 1 saturated carbocycles. The highest BCUT2D eigenvalue weighted by Gasteiger charge is 2.45. The van der Waals surface area contributed by atoms with Gasteiger partial charge >= 0.3 is 0 Å². The molecular weight excluding hydrogens is 344 g/mol. The Morgan fingerprint density at radius 2 is 1.93 bits per heavy atom. The lowest BCUT2D eigenvalue weighted by Crippen LogP contribution is -2.61. The Labute approximate surface area is 157 Å². The zero-order chi connectivity index (χ0) is 18.7. The molecule has 4 heterocycles. The maximum Gasteiger partial charge on any atom is 0.255 e. The average Bonchev–Trinajstić information content (AvgIpc) is 2.99. The minimum atomic E-state index is -0.559. The molecule has 1 aromatic carbocycles. The molecule has 4 aliphatic heterocycles. The summed E-state index contributed by atoms with van der Waals surface area (Å²) >= 11 is 0. The normalized spacial score (nSPS) is 32.9. The number of hydrogen-bond acceptors (Lipinski definition) is 5. The maximum atomic E-state index is 13.1. The van der Waals surface area contributed by atoms with Crippen LogP contribution in [0.15, 0.2) is 18.2 Å². The van der Waals surface area contributed by atoms with Crippen molar-refractivity contribution in [2.24, 2.45) is 17.6 Å². The molecule has 4 atom stereocenters. The van der Waals surface area contributed by atoms with Gasteiger partial charge in [0.25, 0.3) is 5.91 Å². The van der Waals surface area contributed by atoms with Gasteiger partial charge in [0.1, 0.15) is 6.04 Å². The Balaban J connectivity index is 1.35. The van der Waals surface area contributed by atoms with Crippen molar-refractivity contribution in [1.29, 1.82) is 0 Å². The van der Waals surface area contributed by atoms with Crippen LogP contribution >= 0.6 is 0 Å². The van der Waals surface area contributed by atoms with Crippen LogP contribution in [0, 0.1) is 11.8 Å². The van der Waals surface area contributed by atoms with Crippen LogP contribution in [-0.2, 0) is 22.7 Å². The number of rotatable bonds is 3. The van der Waals surface area contributed by atoms with Crippen molar-refractivity contribution in [2.45, 2.75) is 44.4 Å². The van der Waals surface area contributed by atoms with Gasteiger partial charge in [-0.15, -0.1) is 0 Å². The van der Waals surface area contributed by atoms with Crippen molar-refractivity contribution in [1.82, 2.24) is 15.1 Å². The van der Waals surface area contributed by atoms with Gasteiger partial charge in [-0.3, -0.25) is 24.6 Å². The summed E-state index contributed by atoms with van der Waals surface area (Å²) in [5, 5.41) is 2.36. The fourth-order valence-corrected chi connectivity index (χ4v) is 5.21. The van der Waals surface area contributed by atoms with E-state index < -0.39 is 6.04 Å². The fraction of sp³-hybridized carbons (Fsp3) is 0.550. The number of nitrogens with zero attached hydrogens (tertiary/aromatic N) is 2. The minimum Gasteiger partial charge on any atom is -0.327 e. The summed E-state index contributed by atoms with van der Waals surface area (Å²) in [7, 11) is 0. The van der Waals surface area contributed by atoms with Crippen LogP contribution in [0.5, 0.6) is 0 Å². The van der Waals surface area contributed by atoms with Gasteiger partial charge < -0.3 is 10.6 Å². The van der Waals surface area contributed by atoms with E-state index in [9.17, 15) is 14.4 Å². The second kappa shape index (κ2) is 6.14. The third-order valence-corrected chi connectivity index (χ3v) is 6.71. The number of hydrogen-bond donors (Lipinski definition) is 2. The van der Waals surface area contributed by atoms with Crippen molar-refractivity contribution < 1.29 is 14.4 Å². The predicted octanol–water partition coefficient (Wildman–Crippen LogP) is 0.227. The fourth-order valence-electron chi connectivity index (χ4n) is 5.21. The molecule has 7 heteroatoms. The molecule has 6 rings (SSSR count). The Morgan fingerprint density at radius 1 is 1.15 bits per heavy atom. The first-order valence-electron chi connectivity index (χ1n) is 9.74. The molecule has 0 spiro atoms. The SMILES string of the molecule is NC1[C@@H]2C[C@H]1CN(Cc1cccc3c1C(=O)N(C1CCC(=O)NC1=O)C3)C2. The summed E-state index contributed by atoms with van der Waals surface area (Å²) in [6.45, 7) is 3.17. The number of nitrogens with one attached hydrogen (secondary N) is 1. The number of fused-ring (bicyclic) bond motifs is 3. The monoisotopic (exact) mass is 368 g/mol. The van der Waals surface area contributed by atoms with Crippen LogP contribution in [0.3, 0.4) is 0 Å². The lowest BCUT2D eigenvalue weighted by atomic mass is 9.66. The van der Waals surface area contributed by atoms with Gasteiger partial charge in [-0.25, -0.2) is 0 Å². The number of imide groups is 1. The molecule has 0 aromatic heterocycles. The highest BCUT2D eigenvalue weighted by molar-refractivity contribution is 6.05. The standard InChI is InChI=1S/C20H24N4O3/c21-18-13-6-14(18)9-23(8-13)7-11-2-1-3-12-10-24(20(27)17(11)12)15-4-5-16(25)22-19(15)26/h1-3,13-15,18H,4-10,21H2,(H,22,25,26)/t13-,14+,15?,18?. The number of carbonyl (C=O) groups is 3. The quantitative estimate of drug-likeness (QED) is 0.745. The topological polar surface area (TPSA) is 95.7 Å². The molecule has 4 fully saturated rings. The maximum absolute atomic E-state index is 13.1. The number of carbonyl (C=O) groups excluding carboxylic acids is 3. The van der Waals surface area contributed by atoms with E-state index in [1.807, 2.05) is 18.2 Å². The van der Waals surface area contributed by atoms with Crippen LogP contribution in [0.1, 0.15) is 40.7 Å². The van der Waals surface area contributed by atoms with E-state index in [0.717, 1.165) is 36.3 Å². The van der Waals surface area contributed by atoms with Gasteiger partial charge in [0.2, 0.25) is 11.8 Å². The molecule has 2 unspecified atom stereocenters. The molecule has 3 amide bonds. The molecule has 3 N–H and O–H groups in total. The zero-order valence-corrected chi connectivity index (χ0v) is 15.2. The van der Waals surface area contributed by atoms with Crippen molar-refractivity contribution in [2.75, 3.05) is 13.1 Å². The van der Waals surface area contributed by atoms with Crippen LogP contribution in [-0.4, -0.2) is 52.7 Å². The summed E-state index contributed by atoms with van der Waals surface area (Å²) in [6, 6.07) is 5.76. The van der Waals surface area contributed by atoms with E-state index in [-0.39, 0.29) is 24.1 Å². The molecule has 1 aliphatic carbocycles. The predicted molar refractivity (Wildman–Crippen MR) is 97.3 cm³/mol. The Hall–Kier alpha value is -2.25. The van der Waals surface area contributed by atoms with E-state index in [0.29, 0.717) is 30.8 Å². The van der Waals surface area contributed by atoms with Crippen molar-refractivity contribution in [3.63, 3.8) is 0 Å². The first-order valence-corrected chi connectivity index (χ1v) is 9.74. The van der Waals surface area contributed by atoms with Gasteiger partial charge in [0, 0.05) is 44.2 Å². The lowest BCUT2D eigenvalue weighted by Gasteiger charge is -2.52. The summed E-state index contributed by atoms with van der Waals surface area (Å²) in [5.74, 6) is 0.448. The van der Waals surface area contributed by atoms with Crippen molar-refractivity contribution >= 4 is 17.7 Å². The number of piperidine rings is 3. The zero-order valence-electron chi connectivity index (χ0n) is 15.2. The van der Waals surface area contributed by atoms with Crippen molar-refractivity contribution in [3.05, 3.63) is 34.9 Å². The van der Waals surface area contributed by atoms with Gasteiger partial charge in [-0.1, -0.05) is 18.2 Å². The van der Waals surface area contributed by atoms with Crippen LogP contribution < -0.4 is 11.1 Å². The van der Waals surface area contributed by atoms with E-state index in [2.05, 4.69) is 10.2 Å². The minimum absolute atomic E-state index is 0.0889. The molecule has 2 bridgehead atoms. The highest BCUT2D eigenvalue weighted by Crippen LogP contribution is 2.39. The molecule has 0 radical (unpaired) electrons. The van der Waals surface area contributed by atoms with Crippen molar-refractivity contribution in [3.8, 4) is 0 Å². The van der Waals surface area contributed by atoms with Gasteiger partial charge in [0.15, 0.2) is 0 Å². The summed E-state index contributed by atoms with van der Waals surface area (Å²) in [4.78, 5) is 40.8. The Bertz CT molecular complexity index is 827. The highest BCUT2D eigenvalue weighted by atomic mass is 16.2. The van der Waals surface area contributed by atoms with Gasteiger partial charge in [-0.2, -0.15) is 0 Å².